The number of rotatable bonds is 5. The zero-order valence-corrected chi connectivity index (χ0v) is 13.4. The molecule has 0 spiro atoms. The number of carbonyl (C=O) groups is 1. The SMILES string of the molecule is COc1ccccc1CCNC(=O)Nc1cc(Cl)ccc1C. The molecule has 0 bridgehead atoms. The van der Waals surface area contributed by atoms with Crippen molar-refractivity contribution in [2.75, 3.05) is 19.0 Å². The number of para-hydroxylation sites is 1. The summed E-state index contributed by atoms with van der Waals surface area (Å²) in [5, 5.41) is 6.22. The number of hydrogen-bond acceptors (Lipinski definition) is 2. The summed E-state index contributed by atoms with van der Waals surface area (Å²) >= 11 is 5.93. The summed E-state index contributed by atoms with van der Waals surface area (Å²) in [6.07, 6.45) is 0.700. The molecule has 0 saturated carbocycles. The topological polar surface area (TPSA) is 50.4 Å². The minimum Gasteiger partial charge on any atom is -0.496 e. The number of urea groups is 1. The molecule has 0 unspecified atom stereocenters. The number of hydrogen-bond donors (Lipinski definition) is 2. The second kappa shape index (κ2) is 7.71. The second-order valence-corrected chi connectivity index (χ2v) is 5.34. The van der Waals surface area contributed by atoms with Crippen LogP contribution < -0.4 is 15.4 Å². The van der Waals surface area contributed by atoms with Crippen LogP contribution in [0.15, 0.2) is 42.5 Å². The molecule has 2 amide bonds. The summed E-state index contributed by atoms with van der Waals surface area (Å²) in [6.45, 7) is 2.44. The summed E-state index contributed by atoms with van der Waals surface area (Å²) in [5.74, 6) is 0.829. The minimum absolute atomic E-state index is 0.250. The van der Waals surface area contributed by atoms with Gasteiger partial charge in [-0.15, -0.1) is 0 Å². The lowest BCUT2D eigenvalue weighted by Crippen LogP contribution is -2.30. The smallest absolute Gasteiger partial charge is 0.319 e. The predicted molar refractivity (Wildman–Crippen MR) is 89.9 cm³/mol. The minimum atomic E-state index is -0.250. The zero-order valence-electron chi connectivity index (χ0n) is 12.7. The van der Waals surface area contributed by atoms with Crippen molar-refractivity contribution in [3.63, 3.8) is 0 Å². The molecule has 0 aliphatic carbocycles. The fourth-order valence-corrected chi connectivity index (χ4v) is 2.29. The number of benzene rings is 2. The number of carbonyl (C=O) groups excluding carboxylic acids is 1. The van der Waals surface area contributed by atoms with Gasteiger partial charge in [-0.1, -0.05) is 35.9 Å². The van der Waals surface area contributed by atoms with Crippen molar-refractivity contribution in [3.05, 3.63) is 58.6 Å². The average Bonchev–Trinajstić information content (AvgIpc) is 2.51. The molecule has 4 nitrogen and oxygen atoms in total. The van der Waals surface area contributed by atoms with Gasteiger partial charge in [0, 0.05) is 17.3 Å². The molecule has 2 N–H and O–H groups in total. The van der Waals surface area contributed by atoms with E-state index < -0.39 is 0 Å². The molecule has 0 aliphatic heterocycles. The maximum atomic E-state index is 11.9. The van der Waals surface area contributed by atoms with Gasteiger partial charge in [0.05, 0.1) is 7.11 Å². The lowest BCUT2D eigenvalue weighted by molar-refractivity contribution is 0.252. The first-order chi connectivity index (χ1) is 10.6. The van der Waals surface area contributed by atoms with Gasteiger partial charge in [-0.3, -0.25) is 0 Å². The molecule has 0 heterocycles. The molecule has 22 heavy (non-hydrogen) atoms. The van der Waals surface area contributed by atoms with E-state index in [0.29, 0.717) is 23.7 Å². The molecular weight excluding hydrogens is 300 g/mol. The Morgan fingerprint density at radius 3 is 2.77 bits per heavy atom. The van der Waals surface area contributed by atoms with Gasteiger partial charge in [0.1, 0.15) is 5.75 Å². The van der Waals surface area contributed by atoms with Gasteiger partial charge in [0.2, 0.25) is 0 Å². The lowest BCUT2D eigenvalue weighted by atomic mass is 10.1. The van der Waals surface area contributed by atoms with Gasteiger partial charge in [0.15, 0.2) is 0 Å². The van der Waals surface area contributed by atoms with Crippen LogP contribution in [0.2, 0.25) is 5.02 Å². The van der Waals surface area contributed by atoms with Crippen LogP contribution in [0.3, 0.4) is 0 Å². The predicted octanol–water partition coefficient (Wildman–Crippen LogP) is 4.02. The molecule has 5 heteroatoms. The Balaban J connectivity index is 1.87. The Morgan fingerprint density at radius 2 is 2.00 bits per heavy atom. The summed E-state index contributed by atoms with van der Waals surface area (Å²) in [6, 6.07) is 12.9. The second-order valence-electron chi connectivity index (χ2n) is 4.90. The van der Waals surface area contributed by atoms with Crippen molar-refractivity contribution in [1.82, 2.24) is 5.32 Å². The number of halogens is 1. The monoisotopic (exact) mass is 318 g/mol. The van der Waals surface area contributed by atoms with Crippen LogP contribution in [0, 0.1) is 6.92 Å². The van der Waals surface area contributed by atoms with Crippen molar-refractivity contribution in [2.45, 2.75) is 13.3 Å². The Hall–Kier alpha value is -2.20. The highest BCUT2D eigenvalue weighted by atomic mass is 35.5. The summed E-state index contributed by atoms with van der Waals surface area (Å²) in [7, 11) is 1.64. The van der Waals surface area contributed by atoms with Crippen LogP contribution in [0.4, 0.5) is 10.5 Å². The van der Waals surface area contributed by atoms with Crippen molar-refractivity contribution in [1.29, 1.82) is 0 Å². The molecule has 2 rings (SSSR count). The Kier molecular flexibility index (Phi) is 5.67. The summed E-state index contributed by atoms with van der Waals surface area (Å²) in [4.78, 5) is 11.9. The van der Waals surface area contributed by atoms with Crippen LogP contribution in [0.5, 0.6) is 5.75 Å². The molecule has 0 saturated heterocycles. The maximum Gasteiger partial charge on any atom is 0.319 e. The van der Waals surface area contributed by atoms with E-state index in [1.165, 1.54) is 0 Å². The van der Waals surface area contributed by atoms with E-state index in [1.54, 1.807) is 19.2 Å². The number of ether oxygens (including phenoxy) is 1. The third kappa shape index (κ3) is 4.40. The average molecular weight is 319 g/mol. The fourth-order valence-electron chi connectivity index (χ4n) is 2.12. The molecular formula is C17H19ClN2O2. The van der Waals surface area contributed by atoms with Gasteiger partial charge in [0.25, 0.3) is 0 Å². The molecule has 0 aromatic heterocycles. The number of nitrogens with one attached hydrogen (secondary N) is 2. The molecule has 116 valence electrons. The Bertz CT molecular complexity index is 659. The quantitative estimate of drug-likeness (QED) is 0.874. The van der Waals surface area contributed by atoms with E-state index in [0.717, 1.165) is 16.9 Å². The van der Waals surface area contributed by atoms with E-state index in [-0.39, 0.29) is 6.03 Å². The van der Waals surface area contributed by atoms with Crippen LogP contribution in [-0.2, 0) is 6.42 Å². The first-order valence-electron chi connectivity index (χ1n) is 7.03. The number of anilines is 1. The normalized spacial score (nSPS) is 10.1. The molecule has 0 fully saturated rings. The van der Waals surface area contributed by atoms with E-state index in [4.69, 9.17) is 16.3 Å². The standard InChI is InChI=1S/C17H19ClN2O2/c1-12-7-8-14(18)11-15(12)20-17(21)19-10-9-13-5-3-4-6-16(13)22-2/h3-8,11H,9-10H2,1-2H3,(H2,19,20,21). The summed E-state index contributed by atoms with van der Waals surface area (Å²) < 4.78 is 5.28. The molecule has 0 radical (unpaired) electrons. The molecule has 0 atom stereocenters. The van der Waals surface area contributed by atoms with Crippen molar-refractivity contribution >= 4 is 23.3 Å². The first-order valence-corrected chi connectivity index (χ1v) is 7.41. The van der Waals surface area contributed by atoms with E-state index in [9.17, 15) is 4.79 Å². The first kappa shape index (κ1) is 16.2. The maximum absolute atomic E-state index is 11.9. The Labute approximate surface area is 135 Å². The van der Waals surface area contributed by atoms with Crippen molar-refractivity contribution in [3.8, 4) is 5.75 Å². The number of aryl methyl sites for hydroxylation is 1. The van der Waals surface area contributed by atoms with Crippen LogP contribution in [0.1, 0.15) is 11.1 Å². The number of methoxy groups -OCH3 is 1. The van der Waals surface area contributed by atoms with E-state index >= 15 is 0 Å². The van der Waals surface area contributed by atoms with Crippen LogP contribution in [-0.4, -0.2) is 19.7 Å². The van der Waals surface area contributed by atoms with Crippen molar-refractivity contribution < 1.29 is 9.53 Å². The van der Waals surface area contributed by atoms with Gasteiger partial charge in [-0.2, -0.15) is 0 Å². The highest BCUT2D eigenvalue weighted by molar-refractivity contribution is 6.31. The van der Waals surface area contributed by atoms with Crippen LogP contribution >= 0.6 is 11.6 Å². The summed E-state index contributed by atoms with van der Waals surface area (Å²) in [5.41, 5.74) is 2.73. The third-order valence-corrected chi connectivity index (χ3v) is 3.56. The largest absolute Gasteiger partial charge is 0.496 e. The fraction of sp³-hybridized carbons (Fsp3) is 0.235. The third-order valence-electron chi connectivity index (χ3n) is 3.32. The van der Waals surface area contributed by atoms with Crippen molar-refractivity contribution in [2.24, 2.45) is 0 Å². The lowest BCUT2D eigenvalue weighted by Gasteiger charge is -2.11. The van der Waals surface area contributed by atoms with Gasteiger partial charge in [-0.05, 0) is 42.7 Å². The molecule has 0 aliphatic rings. The van der Waals surface area contributed by atoms with Gasteiger partial charge >= 0.3 is 6.03 Å². The highest BCUT2D eigenvalue weighted by Crippen LogP contribution is 2.20. The van der Waals surface area contributed by atoms with E-state index in [2.05, 4.69) is 10.6 Å². The molecule has 2 aromatic rings. The number of amides is 2. The van der Waals surface area contributed by atoms with Gasteiger partial charge < -0.3 is 15.4 Å². The highest BCUT2D eigenvalue weighted by Gasteiger charge is 2.06. The zero-order chi connectivity index (χ0) is 15.9. The van der Waals surface area contributed by atoms with Crippen LogP contribution in [0.25, 0.3) is 0 Å². The van der Waals surface area contributed by atoms with Gasteiger partial charge in [-0.25, -0.2) is 4.79 Å². The Morgan fingerprint density at radius 1 is 1.23 bits per heavy atom. The molecule has 2 aromatic carbocycles. The van der Waals surface area contributed by atoms with E-state index in [1.807, 2.05) is 37.3 Å².